The van der Waals surface area contributed by atoms with Crippen molar-refractivity contribution in [1.82, 2.24) is 15.2 Å². The molecule has 0 fully saturated rings. The molecule has 2 atom stereocenters. The van der Waals surface area contributed by atoms with Crippen LogP contribution in [0, 0.1) is 5.41 Å². The number of aromatic nitrogens is 1. The fourth-order valence-electron chi connectivity index (χ4n) is 3.77. The number of fused-ring (bicyclic) bond motifs is 1. The van der Waals surface area contributed by atoms with E-state index in [2.05, 4.69) is 25.3 Å². The van der Waals surface area contributed by atoms with E-state index < -0.39 is 35.5 Å². The van der Waals surface area contributed by atoms with Gasteiger partial charge in [0, 0.05) is 29.5 Å². The van der Waals surface area contributed by atoms with Crippen molar-refractivity contribution in [2.24, 2.45) is 10.4 Å². The fourth-order valence-corrected chi connectivity index (χ4v) is 3.77. The zero-order valence-corrected chi connectivity index (χ0v) is 22.7. The number of methoxy groups -OCH3 is 2. The summed E-state index contributed by atoms with van der Waals surface area (Å²) in [6.07, 6.45) is 1.16. The first-order chi connectivity index (χ1) is 18.4. The van der Waals surface area contributed by atoms with Gasteiger partial charge in [-0.2, -0.15) is 0 Å². The second-order valence-electron chi connectivity index (χ2n) is 10.2. The number of anilines is 1. The second kappa shape index (κ2) is 12.6. The van der Waals surface area contributed by atoms with Gasteiger partial charge in [-0.3, -0.25) is 14.4 Å². The Morgan fingerprint density at radius 3 is 2.44 bits per heavy atom. The van der Waals surface area contributed by atoms with E-state index >= 15 is 0 Å². The van der Waals surface area contributed by atoms with Crippen molar-refractivity contribution < 1.29 is 33.8 Å². The zero-order chi connectivity index (χ0) is 28.7. The minimum absolute atomic E-state index is 0.0434. The molecule has 1 aromatic heterocycles. The van der Waals surface area contributed by atoms with Crippen LogP contribution in [-0.4, -0.2) is 71.9 Å². The number of hydrogen-bond acceptors (Lipinski definition) is 9. The highest BCUT2D eigenvalue weighted by Gasteiger charge is 2.27. The molecule has 3 rings (SSSR count). The Kier molecular flexibility index (Phi) is 9.47. The van der Waals surface area contributed by atoms with Crippen molar-refractivity contribution in [2.45, 2.75) is 52.3 Å². The van der Waals surface area contributed by atoms with Gasteiger partial charge in [0.2, 0.25) is 5.91 Å². The molecule has 4 N–H and O–H groups in total. The second-order valence-corrected chi connectivity index (χ2v) is 10.2. The van der Waals surface area contributed by atoms with Gasteiger partial charge in [-0.15, -0.1) is 0 Å². The molecule has 12 nitrogen and oxygen atoms in total. The maximum Gasteiger partial charge on any atom is 0.328 e. The number of carbonyl (C=O) groups is 4. The van der Waals surface area contributed by atoms with Gasteiger partial charge >= 0.3 is 11.9 Å². The van der Waals surface area contributed by atoms with E-state index in [0.29, 0.717) is 35.7 Å². The summed E-state index contributed by atoms with van der Waals surface area (Å²) in [5.41, 5.74) is 1.25. The number of aliphatic imine (C=N–C) groups is 1. The Morgan fingerprint density at radius 2 is 1.82 bits per heavy atom. The molecule has 1 aromatic carbocycles. The predicted octanol–water partition coefficient (Wildman–Crippen LogP) is 2.43. The van der Waals surface area contributed by atoms with Gasteiger partial charge in [-0.25, -0.2) is 9.79 Å². The summed E-state index contributed by atoms with van der Waals surface area (Å²) in [5, 5.41) is 16.2. The summed E-state index contributed by atoms with van der Waals surface area (Å²) in [4.78, 5) is 57.4. The average Bonchev–Trinajstić information content (AvgIpc) is 3.33. The van der Waals surface area contributed by atoms with Crippen LogP contribution < -0.4 is 10.6 Å². The summed E-state index contributed by atoms with van der Waals surface area (Å²) < 4.78 is 9.31. The molecular formula is C27H35N5O7. The molecule has 0 aliphatic carbocycles. The van der Waals surface area contributed by atoms with Crippen LogP contribution in [0.5, 0.6) is 0 Å². The minimum Gasteiger partial charge on any atom is -0.469 e. The highest BCUT2D eigenvalue weighted by molar-refractivity contribution is 5.97. The first-order valence-electron chi connectivity index (χ1n) is 12.5. The third-order valence-corrected chi connectivity index (χ3v) is 6.21. The predicted molar refractivity (Wildman–Crippen MR) is 143 cm³/mol. The van der Waals surface area contributed by atoms with Gasteiger partial charge < -0.3 is 35.1 Å². The number of aromatic amines is 1. The van der Waals surface area contributed by atoms with Crippen LogP contribution in [0.3, 0.4) is 0 Å². The van der Waals surface area contributed by atoms with Crippen LogP contribution in [-0.2, 0) is 30.3 Å². The molecule has 2 heterocycles. The third-order valence-electron chi connectivity index (χ3n) is 6.21. The van der Waals surface area contributed by atoms with Gasteiger partial charge in [0.15, 0.2) is 6.23 Å². The van der Waals surface area contributed by atoms with Gasteiger partial charge in [-0.1, -0.05) is 32.9 Å². The van der Waals surface area contributed by atoms with Gasteiger partial charge in [-0.05, 0) is 36.6 Å². The summed E-state index contributed by atoms with van der Waals surface area (Å²) in [6, 6.07) is 7.52. The summed E-state index contributed by atoms with van der Waals surface area (Å²) >= 11 is 0. The molecule has 0 saturated heterocycles. The largest absolute Gasteiger partial charge is 0.469 e. The SMILES string of the molecule is COC(=O)CC[C@@H](NC(=O)c1ccc(CCN2C=Nc3[nH]c(NC(=O)C(C)(C)C)cc3C2O)cc1)C(=O)OC. The number of H-pyrrole nitrogens is 1. The quantitative estimate of drug-likeness (QED) is 0.333. The van der Waals surface area contributed by atoms with E-state index in [1.54, 1.807) is 41.6 Å². The molecule has 1 unspecified atom stereocenters. The average molecular weight is 542 g/mol. The summed E-state index contributed by atoms with van der Waals surface area (Å²) in [7, 11) is 2.45. The number of ether oxygens (including phenoxy) is 2. The number of amides is 2. The number of hydrogen-bond donors (Lipinski definition) is 4. The van der Waals surface area contributed by atoms with E-state index in [1.807, 2.05) is 20.8 Å². The molecular weight excluding hydrogens is 506 g/mol. The Bertz CT molecular complexity index is 1230. The van der Waals surface area contributed by atoms with Crippen molar-refractivity contribution in [3.05, 3.63) is 47.0 Å². The Balaban J connectivity index is 1.56. The number of aliphatic hydroxyl groups excluding tert-OH is 1. The lowest BCUT2D eigenvalue weighted by atomic mass is 9.96. The Hall–Kier alpha value is -4.19. The van der Waals surface area contributed by atoms with Crippen molar-refractivity contribution in [2.75, 3.05) is 26.1 Å². The van der Waals surface area contributed by atoms with Crippen LogP contribution in [0.1, 0.15) is 61.3 Å². The maximum absolute atomic E-state index is 12.7. The number of nitrogens with one attached hydrogen (secondary N) is 3. The summed E-state index contributed by atoms with van der Waals surface area (Å²) in [6.45, 7) is 5.88. The molecule has 1 aliphatic rings. The van der Waals surface area contributed by atoms with Crippen molar-refractivity contribution in [3.63, 3.8) is 0 Å². The van der Waals surface area contributed by atoms with Gasteiger partial charge in [0.05, 0.1) is 20.6 Å². The molecule has 0 spiro atoms. The van der Waals surface area contributed by atoms with Crippen LogP contribution in [0.4, 0.5) is 11.6 Å². The first-order valence-corrected chi connectivity index (χ1v) is 12.5. The number of carbonyl (C=O) groups excluding carboxylic acids is 4. The zero-order valence-electron chi connectivity index (χ0n) is 22.7. The van der Waals surface area contributed by atoms with E-state index in [1.165, 1.54) is 14.2 Å². The highest BCUT2D eigenvalue weighted by atomic mass is 16.5. The maximum atomic E-state index is 12.7. The molecule has 39 heavy (non-hydrogen) atoms. The molecule has 0 radical (unpaired) electrons. The van der Waals surface area contributed by atoms with Crippen LogP contribution >= 0.6 is 0 Å². The molecule has 12 heteroatoms. The Morgan fingerprint density at radius 1 is 1.13 bits per heavy atom. The van der Waals surface area contributed by atoms with Crippen molar-refractivity contribution in [1.29, 1.82) is 0 Å². The first kappa shape index (κ1) is 29.4. The lowest BCUT2D eigenvalue weighted by Gasteiger charge is -2.28. The highest BCUT2D eigenvalue weighted by Crippen LogP contribution is 2.34. The molecule has 1 aliphatic heterocycles. The molecule has 0 bridgehead atoms. The van der Waals surface area contributed by atoms with Crippen LogP contribution in [0.25, 0.3) is 0 Å². The summed E-state index contributed by atoms with van der Waals surface area (Å²) in [5.74, 6) is -0.834. The standard InChI is InChI=1S/C27H35N5O7/c1-27(2,3)26(37)31-20-14-18-22(30-20)28-15-32(24(18)35)13-12-16-6-8-17(9-7-16)23(34)29-19(25(36)39-5)10-11-21(33)38-4/h6-9,14-15,19,24,30,35H,10-13H2,1-5H3,(H,29,34)(H,31,37)/t19-,24?/m1/s1. The minimum atomic E-state index is -0.984. The fraction of sp³-hybridized carbons (Fsp3) is 0.444. The molecule has 0 saturated carbocycles. The van der Waals surface area contributed by atoms with Crippen molar-refractivity contribution in [3.8, 4) is 0 Å². The van der Waals surface area contributed by atoms with E-state index in [4.69, 9.17) is 4.74 Å². The monoisotopic (exact) mass is 541 g/mol. The van der Waals surface area contributed by atoms with Gasteiger partial charge in [0.1, 0.15) is 17.7 Å². The number of nitrogens with zero attached hydrogens (tertiary/aromatic N) is 2. The normalized spacial score (nSPS) is 15.2. The lowest BCUT2D eigenvalue weighted by Crippen LogP contribution is -2.41. The van der Waals surface area contributed by atoms with E-state index in [-0.39, 0.29) is 18.7 Å². The number of aliphatic hydroxyl groups is 1. The van der Waals surface area contributed by atoms with Crippen LogP contribution in [0.15, 0.2) is 35.3 Å². The number of benzene rings is 1. The van der Waals surface area contributed by atoms with Crippen molar-refractivity contribution >= 4 is 41.7 Å². The molecule has 210 valence electrons. The number of esters is 2. The Labute approximate surface area is 226 Å². The number of rotatable bonds is 10. The molecule has 2 aromatic rings. The third kappa shape index (κ3) is 7.66. The van der Waals surface area contributed by atoms with E-state index in [0.717, 1.165) is 5.56 Å². The van der Waals surface area contributed by atoms with Crippen LogP contribution in [0.2, 0.25) is 0 Å². The van der Waals surface area contributed by atoms with E-state index in [9.17, 15) is 24.3 Å². The lowest BCUT2D eigenvalue weighted by molar-refractivity contribution is -0.144. The van der Waals surface area contributed by atoms with Gasteiger partial charge in [0.25, 0.3) is 5.91 Å². The molecule has 2 amide bonds. The smallest absolute Gasteiger partial charge is 0.328 e. The topological polar surface area (TPSA) is 162 Å².